The quantitative estimate of drug-likeness (QED) is 0.843. The number of hydrogen-bond acceptors (Lipinski definition) is 4. The predicted molar refractivity (Wildman–Crippen MR) is 84.9 cm³/mol. The van der Waals surface area contributed by atoms with E-state index in [0.717, 1.165) is 47.4 Å². The van der Waals surface area contributed by atoms with Crippen molar-refractivity contribution >= 4 is 32.7 Å². The SMILES string of the molecule is CCN1CCON(c2cc(Br)c3ccccc3n2)CC1. The van der Waals surface area contributed by atoms with Crippen LogP contribution in [0.4, 0.5) is 5.82 Å². The second-order valence-corrected chi connectivity index (χ2v) is 5.70. The molecule has 0 spiro atoms. The van der Waals surface area contributed by atoms with Crippen molar-refractivity contribution < 1.29 is 4.84 Å². The van der Waals surface area contributed by atoms with Crippen molar-refractivity contribution in [1.82, 2.24) is 9.88 Å². The van der Waals surface area contributed by atoms with Crippen molar-refractivity contribution in [3.05, 3.63) is 34.8 Å². The van der Waals surface area contributed by atoms with Gasteiger partial charge in [-0.2, -0.15) is 0 Å². The Balaban J connectivity index is 1.90. The van der Waals surface area contributed by atoms with E-state index in [1.54, 1.807) is 0 Å². The van der Waals surface area contributed by atoms with Crippen molar-refractivity contribution in [2.24, 2.45) is 0 Å². The van der Waals surface area contributed by atoms with Crippen molar-refractivity contribution in [3.8, 4) is 0 Å². The summed E-state index contributed by atoms with van der Waals surface area (Å²) in [5.74, 6) is 0.869. The van der Waals surface area contributed by atoms with Crippen LogP contribution in [0.15, 0.2) is 34.8 Å². The van der Waals surface area contributed by atoms with Gasteiger partial charge in [-0.15, -0.1) is 0 Å². The Kier molecular flexibility index (Phi) is 4.19. The minimum atomic E-state index is 0.708. The number of likely N-dealkylation sites (N-methyl/N-ethyl adjacent to an activating group) is 1. The van der Waals surface area contributed by atoms with Crippen LogP contribution in [0.1, 0.15) is 6.92 Å². The average molecular weight is 336 g/mol. The summed E-state index contributed by atoms with van der Waals surface area (Å²) in [5.41, 5.74) is 0.983. The summed E-state index contributed by atoms with van der Waals surface area (Å²) in [5, 5.41) is 3.04. The van der Waals surface area contributed by atoms with Crippen LogP contribution < -0.4 is 5.06 Å². The Morgan fingerprint density at radius 1 is 1.25 bits per heavy atom. The molecule has 2 heterocycles. The standard InChI is InChI=1S/C15H18BrN3O/c1-2-18-7-8-19(20-10-9-18)15-11-13(16)12-5-3-4-6-14(12)17-15/h3-6,11H,2,7-10H2,1H3. The molecule has 1 saturated heterocycles. The molecule has 4 nitrogen and oxygen atoms in total. The van der Waals surface area contributed by atoms with Gasteiger partial charge in [0.05, 0.1) is 18.7 Å². The van der Waals surface area contributed by atoms with Crippen LogP contribution in [0.2, 0.25) is 0 Å². The maximum absolute atomic E-state index is 5.83. The predicted octanol–water partition coefficient (Wildman–Crippen LogP) is 3.07. The van der Waals surface area contributed by atoms with Crippen LogP contribution in [-0.2, 0) is 4.84 Å². The second kappa shape index (κ2) is 6.08. The number of anilines is 1. The molecule has 20 heavy (non-hydrogen) atoms. The van der Waals surface area contributed by atoms with E-state index in [4.69, 9.17) is 9.82 Å². The fourth-order valence-corrected chi connectivity index (χ4v) is 2.97. The van der Waals surface area contributed by atoms with Crippen molar-refractivity contribution in [2.45, 2.75) is 6.92 Å². The second-order valence-electron chi connectivity index (χ2n) is 4.85. The Bertz CT molecular complexity index is 605. The average Bonchev–Trinajstić information content (AvgIpc) is 2.72. The van der Waals surface area contributed by atoms with Gasteiger partial charge in [0.2, 0.25) is 0 Å². The van der Waals surface area contributed by atoms with Gasteiger partial charge >= 0.3 is 0 Å². The Morgan fingerprint density at radius 3 is 2.95 bits per heavy atom. The monoisotopic (exact) mass is 335 g/mol. The lowest BCUT2D eigenvalue weighted by molar-refractivity contribution is 0.116. The fraction of sp³-hybridized carbons (Fsp3) is 0.400. The summed E-state index contributed by atoms with van der Waals surface area (Å²) < 4.78 is 1.05. The van der Waals surface area contributed by atoms with Crippen molar-refractivity contribution in [1.29, 1.82) is 0 Å². The third kappa shape index (κ3) is 2.80. The molecule has 0 aliphatic carbocycles. The van der Waals surface area contributed by atoms with E-state index < -0.39 is 0 Å². The van der Waals surface area contributed by atoms with E-state index in [9.17, 15) is 0 Å². The normalized spacial score (nSPS) is 17.4. The molecular weight excluding hydrogens is 318 g/mol. The number of aromatic nitrogens is 1. The molecule has 0 bridgehead atoms. The fourth-order valence-electron chi connectivity index (χ4n) is 2.43. The summed E-state index contributed by atoms with van der Waals surface area (Å²) in [7, 11) is 0. The zero-order chi connectivity index (χ0) is 13.9. The van der Waals surface area contributed by atoms with Gasteiger partial charge < -0.3 is 0 Å². The van der Waals surface area contributed by atoms with Crippen LogP contribution in [0, 0.1) is 0 Å². The molecule has 1 aromatic carbocycles. The number of nitrogens with zero attached hydrogens (tertiary/aromatic N) is 3. The van der Waals surface area contributed by atoms with Gasteiger partial charge in [0.15, 0.2) is 5.82 Å². The highest BCUT2D eigenvalue weighted by molar-refractivity contribution is 9.10. The molecule has 3 rings (SSSR count). The summed E-state index contributed by atoms with van der Waals surface area (Å²) in [6.45, 7) is 6.77. The third-order valence-electron chi connectivity index (χ3n) is 3.63. The molecule has 106 valence electrons. The van der Waals surface area contributed by atoms with E-state index in [0.29, 0.717) is 6.61 Å². The van der Waals surface area contributed by atoms with Crippen LogP contribution in [0.5, 0.6) is 0 Å². The minimum Gasteiger partial charge on any atom is -0.299 e. The highest BCUT2D eigenvalue weighted by Crippen LogP contribution is 2.27. The van der Waals surface area contributed by atoms with E-state index in [2.05, 4.69) is 33.8 Å². The first-order valence-electron chi connectivity index (χ1n) is 6.96. The molecule has 1 aliphatic rings. The van der Waals surface area contributed by atoms with Crippen molar-refractivity contribution in [2.75, 3.05) is 37.8 Å². The number of hydroxylamine groups is 1. The molecule has 0 unspecified atom stereocenters. The van der Waals surface area contributed by atoms with Crippen molar-refractivity contribution in [3.63, 3.8) is 0 Å². The van der Waals surface area contributed by atoms with Gasteiger partial charge in [0, 0.05) is 22.9 Å². The number of benzene rings is 1. The first-order chi connectivity index (χ1) is 9.78. The molecule has 0 N–H and O–H groups in total. The summed E-state index contributed by atoms with van der Waals surface area (Å²) in [4.78, 5) is 12.9. The zero-order valence-electron chi connectivity index (χ0n) is 11.6. The first kappa shape index (κ1) is 13.8. The Morgan fingerprint density at radius 2 is 2.10 bits per heavy atom. The number of para-hydroxylation sites is 1. The van der Waals surface area contributed by atoms with E-state index in [-0.39, 0.29) is 0 Å². The highest BCUT2D eigenvalue weighted by atomic mass is 79.9. The summed E-state index contributed by atoms with van der Waals surface area (Å²) in [6, 6.07) is 10.2. The van der Waals surface area contributed by atoms with Gasteiger partial charge in [-0.3, -0.25) is 9.74 Å². The maximum Gasteiger partial charge on any atom is 0.154 e. The van der Waals surface area contributed by atoms with Gasteiger partial charge in [0.25, 0.3) is 0 Å². The van der Waals surface area contributed by atoms with E-state index >= 15 is 0 Å². The van der Waals surface area contributed by atoms with Crippen LogP contribution >= 0.6 is 15.9 Å². The molecule has 2 aromatic rings. The van der Waals surface area contributed by atoms with Gasteiger partial charge in [-0.1, -0.05) is 25.1 Å². The number of rotatable bonds is 2. The third-order valence-corrected chi connectivity index (χ3v) is 4.28. The minimum absolute atomic E-state index is 0.708. The van der Waals surface area contributed by atoms with E-state index in [1.165, 1.54) is 0 Å². The lowest BCUT2D eigenvalue weighted by Crippen LogP contribution is -2.30. The Hall–Kier alpha value is -1.17. The lowest BCUT2D eigenvalue weighted by atomic mass is 10.2. The largest absolute Gasteiger partial charge is 0.299 e. The molecule has 0 saturated carbocycles. The molecule has 1 fully saturated rings. The maximum atomic E-state index is 5.83. The summed E-state index contributed by atoms with van der Waals surface area (Å²) in [6.07, 6.45) is 0. The van der Waals surface area contributed by atoms with E-state index in [1.807, 2.05) is 29.3 Å². The Labute approximate surface area is 127 Å². The lowest BCUT2D eigenvalue weighted by Gasteiger charge is -2.21. The molecule has 5 heteroatoms. The zero-order valence-corrected chi connectivity index (χ0v) is 13.1. The molecular formula is C15H18BrN3O. The number of fused-ring (bicyclic) bond motifs is 1. The highest BCUT2D eigenvalue weighted by Gasteiger charge is 2.17. The van der Waals surface area contributed by atoms with Gasteiger partial charge in [-0.05, 0) is 34.6 Å². The number of halogens is 1. The first-order valence-corrected chi connectivity index (χ1v) is 7.75. The molecule has 0 atom stereocenters. The molecule has 1 aromatic heterocycles. The smallest absolute Gasteiger partial charge is 0.154 e. The van der Waals surface area contributed by atoms with Crippen LogP contribution in [-0.4, -0.2) is 42.7 Å². The van der Waals surface area contributed by atoms with Crippen LogP contribution in [0.3, 0.4) is 0 Å². The molecule has 0 radical (unpaired) electrons. The van der Waals surface area contributed by atoms with Gasteiger partial charge in [-0.25, -0.2) is 10.0 Å². The van der Waals surface area contributed by atoms with Gasteiger partial charge in [0.1, 0.15) is 0 Å². The summed E-state index contributed by atoms with van der Waals surface area (Å²) >= 11 is 3.63. The molecule has 1 aliphatic heterocycles. The van der Waals surface area contributed by atoms with Crippen LogP contribution in [0.25, 0.3) is 10.9 Å². The molecule has 0 amide bonds. The number of pyridine rings is 1. The topological polar surface area (TPSA) is 28.6 Å². The number of hydrogen-bond donors (Lipinski definition) is 0.